The summed E-state index contributed by atoms with van der Waals surface area (Å²) in [5.41, 5.74) is 2.12. The van der Waals surface area contributed by atoms with Crippen LogP contribution in [0.25, 0.3) is 0 Å². The van der Waals surface area contributed by atoms with Crippen LogP contribution in [0.2, 0.25) is 0 Å². The number of halogens is 1. The van der Waals surface area contributed by atoms with Gasteiger partial charge in [-0.15, -0.1) is 0 Å². The van der Waals surface area contributed by atoms with Crippen LogP contribution in [0.1, 0.15) is 49.5 Å². The Labute approximate surface area is 112 Å². The molecule has 2 aliphatic rings. The highest BCUT2D eigenvalue weighted by Crippen LogP contribution is 2.53. The molecule has 0 amide bonds. The van der Waals surface area contributed by atoms with Gasteiger partial charge in [0, 0.05) is 16.0 Å². The third kappa shape index (κ3) is 1.67. The highest BCUT2D eigenvalue weighted by Gasteiger charge is 2.49. The summed E-state index contributed by atoms with van der Waals surface area (Å²) in [7, 11) is 1.29. The van der Waals surface area contributed by atoms with Crippen LogP contribution in [0.4, 0.5) is 0 Å². The summed E-state index contributed by atoms with van der Waals surface area (Å²) >= 11 is 3.53. The summed E-state index contributed by atoms with van der Waals surface area (Å²) in [5.74, 6) is -0.546. The van der Waals surface area contributed by atoms with E-state index in [0.717, 1.165) is 18.3 Å². The molecule has 2 heterocycles. The summed E-state index contributed by atoms with van der Waals surface area (Å²) in [6.45, 7) is 0. The molecule has 1 unspecified atom stereocenters. The maximum atomic E-state index is 11.5. The Hall–Kier alpha value is -1.27. The summed E-state index contributed by atoms with van der Waals surface area (Å²) in [6.07, 6.45) is 1.61. The van der Waals surface area contributed by atoms with E-state index in [9.17, 15) is 9.59 Å². The van der Waals surface area contributed by atoms with Gasteiger partial charge in [0.2, 0.25) is 0 Å². The SMILES string of the molecule is COC(=O)c1cc(C=O)c2c(n1)[C@H]1O[C@H]1CC2Br. The number of carbonyl (C=O) groups excluding carboxylic acids is 2. The third-order valence-electron chi connectivity index (χ3n) is 3.25. The molecular formula is C12H10BrNO4. The molecule has 3 rings (SSSR count). The average Bonchev–Trinajstić information content (AvgIpc) is 3.15. The molecule has 0 saturated carbocycles. The number of epoxide rings is 1. The molecule has 1 aliphatic heterocycles. The van der Waals surface area contributed by atoms with Crippen LogP contribution in [0.5, 0.6) is 0 Å². The molecule has 6 heteroatoms. The minimum atomic E-state index is -0.546. The van der Waals surface area contributed by atoms with Gasteiger partial charge in [-0.05, 0) is 12.5 Å². The van der Waals surface area contributed by atoms with E-state index >= 15 is 0 Å². The number of esters is 1. The second-order valence-electron chi connectivity index (χ2n) is 4.30. The topological polar surface area (TPSA) is 68.8 Å². The fourth-order valence-electron chi connectivity index (χ4n) is 2.34. The Morgan fingerprint density at radius 1 is 1.67 bits per heavy atom. The van der Waals surface area contributed by atoms with Crippen LogP contribution < -0.4 is 0 Å². The normalized spacial score (nSPS) is 28.0. The molecule has 0 aromatic carbocycles. The van der Waals surface area contributed by atoms with E-state index in [1.54, 1.807) is 0 Å². The van der Waals surface area contributed by atoms with Crippen LogP contribution in [-0.4, -0.2) is 30.5 Å². The summed E-state index contributed by atoms with van der Waals surface area (Å²) in [4.78, 5) is 27.0. The van der Waals surface area contributed by atoms with Crippen molar-refractivity contribution in [2.24, 2.45) is 0 Å². The summed E-state index contributed by atoms with van der Waals surface area (Å²) < 4.78 is 10.1. The molecule has 0 spiro atoms. The van der Waals surface area contributed by atoms with E-state index in [0.29, 0.717) is 11.3 Å². The number of methoxy groups -OCH3 is 1. The lowest BCUT2D eigenvalue weighted by Gasteiger charge is -2.19. The zero-order valence-electron chi connectivity index (χ0n) is 9.55. The number of fused-ring (bicyclic) bond motifs is 3. The Balaban J connectivity index is 2.17. The van der Waals surface area contributed by atoms with Crippen LogP contribution in [0, 0.1) is 0 Å². The predicted octanol–water partition coefficient (Wildman–Crippen LogP) is 1.96. The van der Waals surface area contributed by atoms with Gasteiger partial charge < -0.3 is 9.47 Å². The first-order valence-corrected chi connectivity index (χ1v) is 6.45. The van der Waals surface area contributed by atoms with Gasteiger partial charge in [0.1, 0.15) is 11.8 Å². The molecule has 0 bridgehead atoms. The second-order valence-corrected chi connectivity index (χ2v) is 5.41. The number of carbonyl (C=O) groups is 2. The van der Waals surface area contributed by atoms with E-state index < -0.39 is 5.97 Å². The molecule has 5 nitrogen and oxygen atoms in total. The van der Waals surface area contributed by atoms with Gasteiger partial charge in [0.05, 0.1) is 18.9 Å². The van der Waals surface area contributed by atoms with E-state index in [2.05, 4.69) is 25.7 Å². The van der Waals surface area contributed by atoms with Crippen molar-refractivity contribution in [2.45, 2.75) is 23.5 Å². The maximum Gasteiger partial charge on any atom is 0.356 e. The Morgan fingerprint density at radius 3 is 3.11 bits per heavy atom. The van der Waals surface area contributed by atoms with Crippen molar-refractivity contribution < 1.29 is 19.1 Å². The number of rotatable bonds is 2. The van der Waals surface area contributed by atoms with Gasteiger partial charge in [-0.2, -0.15) is 0 Å². The summed E-state index contributed by atoms with van der Waals surface area (Å²) in [5, 5.41) is 0. The van der Waals surface area contributed by atoms with Gasteiger partial charge in [-0.3, -0.25) is 4.79 Å². The van der Waals surface area contributed by atoms with Crippen LogP contribution in [0.3, 0.4) is 0 Å². The van der Waals surface area contributed by atoms with Gasteiger partial charge in [-0.25, -0.2) is 9.78 Å². The van der Waals surface area contributed by atoms with Crippen LogP contribution >= 0.6 is 15.9 Å². The molecule has 0 N–H and O–H groups in total. The molecule has 94 valence electrons. The van der Waals surface area contributed by atoms with Gasteiger partial charge in [-0.1, -0.05) is 15.9 Å². The largest absolute Gasteiger partial charge is 0.464 e. The molecule has 1 aromatic rings. The number of hydrogen-bond acceptors (Lipinski definition) is 5. The highest BCUT2D eigenvalue weighted by atomic mass is 79.9. The van der Waals surface area contributed by atoms with E-state index in [4.69, 9.17) is 4.74 Å². The maximum absolute atomic E-state index is 11.5. The smallest absolute Gasteiger partial charge is 0.356 e. The number of alkyl halides is 1. The van der Waals surface area contributed by atoms with Gasteiger partial charge in [0.25, 0.3) is 0 Å². The lowest BCUT2D eigenvalue weighted by molar-refractivity contribution is 0.0593. The van der Waals surface area contributed by atoms with Gasteiger partial charge in [0.15, 0.2) is 6.29 Å². The first-order valence-electron chi connectivity index (χ1n) is 5.53. The molecule has 0 radical (unpaired) electrons. The Bertz CT molecular complexity index is 545. The van der Waals surface area contributed by atoms with Crippen LogP contribution in [-0.2, 0) is 9.47 Å². The highest BCUT2D eigenvalue weighted by molar-refractivity contribution is 9.09. The zero-order chi connectivity index (χ0) is 12.9. The predicted molar refractivity (Wildman–Crippen MR) is 64.9 cm³/mol. The summed E-state index contributed by atoms with van der Waals surface area (Å²) in [6, 6.07) is 1.47. The minimum absolute atomic E-state index is 0.0376. The fraction of sp³-hybridized carbons (Fsp3) is 0.417. The van der Waals surface area contributed by atoms with E-state index in [-0.39, 0.29) is 22.7 Å². The number of hydrogen-bond donors (Lipinski definition) is 0. The molecular weight excluding hydrogens is 302 g/mol. The fourth-order valence-corrected chi connectivity index (χ4v) is 3.21. The monoisotopic (exact) mass is 311 g/mol. The van der Waals surface area contributed by atoms with Crippen molar-refractivity contribution >= 4 is 28.2 Å². The molecule has 18 heavy (non-hydrogen) atoms. The lowest BCUT2D eigenvalue weighted by Crippen LogP contribution is -2.16. The Morgan fingerprint density at radius 2 is 2.44 bits per heavy atom. The molecule has 1 aliphatic carbocycles. The quantitative estimate of drug-likeness (QED) is 0.361. The van der Waals surface area contributed by atoms with Crippen molar-refractivity contribution in [2.75, 3.05) is 7.11 Å². The van der Waals surface area contributed by atoms with E-state index in [1.807, 2.05) is 0 Å². The second kappa shape index (κ2) is 4.13. The molecule has 1 aromatic heterocycles. The van der Waals surface area contributed by atoms with Crippen LogP contribution in [0.15, 0.2) is 6.07 Å². The standard InChI is InChI=1S/C12H10BrNO4/c1-17-12(16)7-2-5(4-15)9-6(13)3-8-11(18-8)10(9)14-7/h2,4,6,8,11H,3H2,1H3/t6?,8-,11-/m0/s1. The number of aromatic nitrogens is 1. The van der Waals surface area contributed by atoms with Gasteiger partial charge >= 0.3 is 5.97 Å². The van der Waals surface area contributed by atoms with Crippen molar-refractivity contribution in [3.63, 3.8) is 0 Å². The van der Waals surface area contributed by atoms with Crippen molar-refractivity contribution in [1.82, 2.24) is 4.98 Å². The molecule has 1 saturated heterocycles. The van der Waals surface area contributed by atoms with Crippen molar-refractivity contribution in [3.05, 3.63) is 28.6 Å². The molecule has 3 atom stereocenters. The Kier molecular flexibility index (Phi) is 2.71. The first-order chi connectivity index (χ1) is 8.65. The minimum Gasteiger partial charge on any atom is -0.464 e. The molecule has 1 fully saturated rings. The lowest BCUT2D eigenvalue weighted by atomic mass is 9.92. The van der Waals surface area contributed by atoms with Crippen molar-refractivity contribution in [1.29, 1.82) is 0 Å². The van der Waals surface area contributed by atoms with Crippen molar-refractivity contribution in [3.8, 4) is 0 Å². The number of aldehydes is 1. The third-order valence-corrected chi connectivity index (χ3v) is 4.08. The number of ether oxygens (including phenoxy) is 2. The number of pyridine rings is 1. The average molecular weight is 312 g/mol. The van der Waals surface area contributed by atoms with E-state index in [1.165, 1.54) is 13.2 Å². The zero-order valence-corrected chi connectivity index (χ0v) is 11.1. The number of nitrogens with zero attached hydrogens (tertiary/aromatic N) is 1. The first kappa shape index (κ1) is 11.8.